The molecule has 0 spiro atoms. The largest absolute Gasteiger partial charge is 0.448 e. The van der Waals surface area contributed by atoms with Crippen molar-refractivity contribution in [2.75, 3.05) is 6.54 Å². The van der Waals surface area contributed by atoms with Crippen LogP contribution in [0.15, 0.2) is 16.5 Å². The van der Waals surface area contributed by atoms with Gasteiger partial charge >= 0.3 is 0 Å². The maximum atomic E-state index is 12.4. The summed E-state index contributed by atoms with van der Waals surface area (Å²) in [5.41, 5.74) is 0. The Morgan fingerprint density at radius 1 is 1.15 bits per heavy atom. The number of amides is 1. The third-order valence-corrected chi connectivity index (χ3v) is 3.30. The minimum atomic E-state index is -0.164. The molecule has 0 aliphatic rings. The minimum Gasteiger partial charge on any atom is -0.448 e. The highest BCUT2D eigenvalue weighted by atomic mass is 16.4. The van der Waals surface area contributed by atoms with Gasteiger partial charge in [-0.05, 0) is 32.4 Å². The molecule has 1 amide bonds. The molecule has 0 saturated heterocycles. The molecule has 4 nitrogen and oxygen atoms in total. The average molecular weight is 279 g/mol. The molecule has 0 unspecified atom stereocenters. The Bertz CT molecular complexity index is 448. The fraction of sp³-hybridized carbons (Fsp3) is 0.625. The van der Waals surface area contributed by atoms with E-state index in [1.54, 1.807) is 17.0 Å². The molecule has 112 valence electrons. The van der Waals surface area contributed by atoms with E-state index in [1.165, 1.54) is 19.8 Å². The third kappa shape index (κ3) is 4.51. The fourth-order valence-electron chi connectivity index (χ4n) is 2.09. The maximum Gasteiger partial charge on any atom is 0.289 e. The van der Waals surface area contributed by atoms with Crippen molar-refractivity contribution in [3.8, 4) is 0 Å². The summed E-state index contributed by atoms with van der Waals surface area (Å²) in [5.74, 6) is 0.189. The molecule has 0 N–H and O–H groups in total. The molecular weight excluding hydrogens is 254 g/mol. The van der Waals surface area contributed by atoms with Crippen molar-refractivity contribution < 1.29 is 14.0 Å². The number of furan rings is 1. The van der Waals surface area contributed by atoms with Crippen LogP contribution >= 0.6 is 0 Å². The molecule has 0 bridgehead atoms. The molecule has 1 rings (SSSR count). The van der Waals surface area contributed by atoms with Gasteiger partial charge in [0.2, 0.25) is 0 Å². The maximum absolute atomic E-state index is 12.4. The number of ketones is 1. The summed E-state index contributed by atoms with van der Waals surface area (Å²) in [7, 11) is 0. The van der Waals surface area contributed by atoms with Crippen molar-refractivity contribution in [3.63, 3.8) is 0 Å². The van der Waals surface area contributed by atoms with Gasteiger partial charge in [-0.2, -0.15) is 0 Å². The average Bonchev–Trinajstić information content (AvgIpc) is 2.87. The predicted octanol–water partition coefficient (Wildman–Crippen LogP) is 3.91. The van der Waals surface area contributed by atoms with E-state index in [4.69, 9.17) is 4.42 Å². The Morgan fingerprint density at radius 2 is 1.80 bits per heavy atom. The van der Waals surface area contributed by atoms with Crippen LogP contribution in [-0.4, -0.2) is 29.2 Å². The number of hydrogen-bond acceptors (Lipinski definition) is 3. The Kier molecular flexibility index (Phi) is 6.49. The van der Waals surface area contributed by atoms with Crippen LogP contribution in [0.5, 0.6) is 0 Å². The number of carbonyl (C=O) groups excluding carboxylic acids is 2. The Morgan fingerprint density at radius 3 is 2.30 bits per heavy atom. The first-order valence-electron chi connectivity index (χ1n) is 7.39. The van der Waals surface area contributed by atoms with Gasteiger partial charge in [0.05, 0.1) is 0 Å². The summed E-state index contributed by atoms with van der Waals surface area (Å²) >= 11 is 0. The Labute approximate surface area is 121 Å². The molecule has 0 saturated carbocycles. The second-order valence-corrected chi connectivity index (χ2v) is 5.37. The number of carbonyl (C=O) groups is 2. The van der Waals surface area contributed by atoms with Gasteiger partial charge in [-0.25, -0.2) is 0 Å². The molecule has 0 aliphatic carbocycles. The highest BCUT2D eigenvalue weighted by Crippen LogP contribution is 2.14. The lowest BCUT2D eigenvalue weighted by molar-refractivity contribution is 0.0667. The van der Waals surface area contributed by atoms with Crippen molar-refractivity contribution in [2.45, 2.75) is 59.4 Å². The first kappa shape index (κ1) is 16.5. The van der Waals surface area contributed by atoms with Gasteiger partial charge in [0, 0.05) is 19.5 Å². The smallest absolute Gasteiger partial charge is 0.289 e. The van der Waals surface area contributed by atoms with Gasteiger partial charge < -0.3 is 9.32 Å². The van der Waals surface area contributed by atoms with Gasteiger partial charge in [0.1, 0.15) is 0 Å². The van der Waals surface area contributed by atoms with Crippen molar-refractivity contribution in [1.82, 2.24) is 4.90 Å². The lowest BCUT2D eigenvalue weighted by Gasteiger charge is -2.25. The van der Waals surface area contributed by atoms with Crippen LogP contribution in [0.4, 0.5) is 0 Å². The Hall–Kier alpha value is -1.58. The van der Waals surface area contributed by atoms with Crippen molar-refractivity contribution >= 4 is 11.7 Å². The monoisotopic (exact) mass is 279 g/mol. The van der Waals surface area contributed by atoms with E-state index in [0.29, 0.717) is 0 Å². The zero-order valence-corrected chi connectivity index (χ0v) is 12.9. The minimum absolute atomic E-state index is 0.120. The number of nitrogens with zero attached hydrogens (tertiary/aromatic N) is 1. The van der Waals surface area contributed by atoms with Gasteiger partial charge in [-0.3, -0.25) is 9.59 Å². The van der Waals surface area contributed by atoms with Crippen LogP contribution in [-0.2, 0) is 0 Å². The van der Waals surface area contributed by atoms with E-state index < -0.39 is 0 Å². The molecule has 1 aromatic heterocycles. The van der Waals surface area contributed by atoms with Gasteiger partial charge in [-0.1, -0.05) is 26.2 Å². The first-order valence-corrected chi connectivity index (χ1v) is 7.39. The molecule has 1 heterocycles. The predicted molar refractivity (Wildman–Crippen MR) is 79.0 cm³/mol. The molecule has 4 heteroatoms. The van der Waals surface area contributed by atoms with Crippen LogP contribution in [0.1, 0.15) is 74.5 Å². The molecule has 0 fully saturated rings. The Balaban J connectivity index is 2.69. The molecule has 0 aliphatic heterocycles. The zero-order valence-electron chi connectivity index (χ0n) is 12.9. The van der Waals surface area contributed by atoms with Crippen LogP contribution < -0.4 is 0 Å². The zero-order chi connectivity index (χ0) is 15.1. The SMILES string of the molecule is CCCCCCN(C(=O)c1ccc(C(C)=O)o1)C(C)C. The van der Waals surface area contributed by atoms with E-state index in [9.17, 15) is 9.59 Å². The molecule has 0 radical (unpaired) electrons. The lowest BCUT2D eigenvalue weighted by Crippen LogP contribution is -2.37. The van der Waals surface area contributed by atoms with Crippen molar-refractivity contribution in [3.05, 3.63) is 23.7 Å². The summed E-state index contributed by atoms with van der Waals surface area (Å²) in [6.45, 7) is 8.31. The molecule has 0 aromatic carbocycles. The quantitative estimate of drug-likeness (QED) is 0.535. The fourth-order valence-corrected chi connectivity index (χ4v) is 2.09. The molecular formula is C16H25NO3. The van der Waals surface area contributed by atoms with Crippen LogP contribution in [0.3, 0.4) is 0 Å². The summed E-state index contributed by atoms with van der Waals surface area (Å²) in [6, 6.07) is 3.26. The van der Waals surface area contributed by atoms with Gasteiger partial charge in [0.25, 0.3) is 5.91 Å². The summed E-state index contributed by atoms with van der Waals surface area (Å²) in [5, 5.41) is 0. The van der Waals surface area contributed by atoms with Crippen LogP contribution in [0.2, 0.25) is 0 Å². The van der Waals surface area contributed by atoms with E-state index in [0.717, 1.165) is 19.4 Å². The van der Waals surface area contributed by atoms with Crippen LogP contribution in [0, 0.1) is 0 Å². The number of unbranched alkanes of at least 4 members (excludes halogenated alkanes) is 3. The normalized spacial score (nSPS) is 10.8. The van der Waals surface area contributed by atoms with E-state index in [2.05, 4.69) is 6.92 Å². The van der Waals surface area contributed by atoms with Crippen molar-refractivity contribution in [1.29, 1.82) is 0 Å². The van der Waals surface area contributed by atoms with E-state index in [1.807, 2.05) is 13.8 Å². The summed E-state index contributed by atoms with van der Waals surface area (Å²) < 4.78 is 5.32. The highest BCUT2D eigenvalue weighted by Gasteiger charge is 2.22. The van der Waals surface area contributed by atoms with Crippen LogP contribution in [0.25, 0.3) is 0 Å². The second kappa shape index (κ2) is 7.88. The highest BCUT2D eigenvalue weighted by molar-refractivity contribution is 5.95. The summed E-state index contributed by atoms with van der Waals surface area (Å²) in [4.78, 5) is 25.4. The lowest BCUT2D eigenvalue weighted by atomic mass is 10.2. The molecule has 0 atom stereocenters. The molecule has 1 aromatic rings. The molecule has 20 heavy (non-hydrogen) atoms. The second-order valence-electron chi connectivity index (χ2n) is 5.37. The summed E-state index contributed by atoms with van der Waals surface area (Å²) in [6.07, 6.45) is 4.49. The van der Waals surface area contributed by atoms with Crippen molar-refractivity contribution in [2.24, 2.45) is 0 Å². The van der Waals surface area contributed by atoms with E-state index >= 15 is 0 Å². The van der Waals surface area contributed by atoms with Gasteiger partial charge in [0.15, 0.2) is 17.3 Å². The number of hydrogen-bond donors (Lipinski definition) is 0. The number of Topliss-reactive ketones (excluding diaryl/α,β-unsaturated/α-hetero) is 1. The van der Waals surface area contributed by atoms with E-state index in [-0.39, 0.29) is 29.3 Å². The third-order valence-electron chi connectivity index (χ3n) is 3.30. The number of rotatable bonds is 8. The standard InChI is InChI=1S/C16H25NO3/c1-5-6-7-8-11-17(12(2)3)16(19)15-10-9-14(20-15)13(4)18/h9-10,12H,5-8,11H2,1-4H3. The van der Waals surface area contributed by atoms with Gasteiger partial charge in [-0.15, -0.1) is 0 Å². The first-order chi connectivity index (χ1) is 9.47. The topological polar surface area (TPSA) is 50.5 Å².